The molecule has 0 saturated carbocycles. The molecule has 23 heavy (non-hydrogen) atoms. The van der Waals surface area contributed by atoms with Crippen LogP contribution < -0.4 is 0 Å². The molecule has 1 aromatic carbocycles. The molecule has 2 rings (SSSR count). The number of rotatable bonds is 7. The normalized spacial score (nSPS) is 17.7. The Morgan fingerprint density at radius 2 is 1.87 bits per heavy atom. The maximum atomic E-state index is 12.8. The molecule has 1 aliphatic rings. The predicted molar refractivity (Wildman–Crippen MR) is 96.2 cm³/mol. The van der Waals surface area contributed by atoms with Crippen molar-refractivity contribution in [3.8, 4) is 0 Å². The molecule has 1 aliphatic heterocycles. The third-order valence-corrected chi connectivity index (χ3v) is 4.90. The van der Waals surface area contributed by atoms with Crippen molar-refractivity contribution in [3.63, 3.8) is 0 Å². The fraction of sp³-hybridized carbons (Fsp3) is 0.650. The van der Waals surface area contributed by atoms with E-state index in [9.17, 15) is 4.79 Å². The fourth-order valence-electron chi connectivity index (χ4n) is 3.40. The number of hydrogen-bond acceptors (Lipinski definition) is 2. The fourth-order valence-corrected chi connectivity index (χ4v) is 3.40. The SMILES string of the molecule is CCCCC(CC)C(=O)N1CCCN(Cc2ccccc2)CC1. The van der Waals surface area contributed by atoms with Crippen molar-refractivity contribution in [1.82, 2.24) is 9.80 Å². The van der Waals surface area contributed by atoms with E-state index in [1.54, 1.807) is 0 Å². The van der Waals surface area contributed by atoms with E-state index in [4.69, 9.17) is 0 Å². The van der Waals surface area contributed by atoms with Crippen LogP contribution in [0.4, 0.5) is 0 Å². The molecule has 3 nitrogen and oxygen atoms in total. The molecule has 0 spiro atoms. The van der Waals surface area contributed by atoms with E-state index in [1.807, 2.05) is 0 Å². The molecule has 0 radical (unpaired) electrons. The van der Waals surface area contributed by atoms with Crippen molar-refractivity contribution < 1.29 is 4.79 Å². The molecule has 128 valence electrons. The van der Waals surface area contributed by atoms with Crippen LogP contribution in [0, 0.1) is 5.92 Å². The van der Waals surface area contributed by atoms with Gasteiger partial charge in [-0.05, 0) is 24.8 Å². The Morgan fingerprint density at radius 1 is 1.09 bits per heavy atom. The second-order valence-corrected chi connectivity index (χ2v) is 6.69. The maximum Gasteiger partial charge on any atom is 0.225 e. The Morgan fingerprint density at radius 3 is 2.57 bits per heavy atom. The standard InChI is InChI=1S/C20H32N2O/c1-3-5-12-19(4-2)20(23)22-14-9-13-21(15-16-22)17-18-10-7-6-8-11-18/h6-8,10-11,19H,3-5,9,12-17H2,1-2H3. The van der Waals surface area contributed by atoms with Crippen LogP contribution in [0.25, 0.3) is 0 Å². The largest absolute Gasteiger partial charge is 0.341 e. The molecular weight excluding hydrogens is 284 g/mol. The molecule has 0 bridgehead atoms. The molecule has 3 heteroatoms. The molecule has 1 amide bonds. The summed E-state index contributed by atoms with van der Waals surface area (Å²) in [6.45, 7) is 9.23. The molecule has 1 fully saturated rings. The van der Waals surface area contributed by atoms with E-state index in [2.05, 4.69) is 54.0 Å². The van der Waals surface area contributed by atoms with Gasteiger partial charge in [0.15, 0.2) is 0 Å². The summed E-state index contributed by atoms with van der Waals surface area (Å²) in [6.07, 6.45) is 5.45. The highest BCUT2D eigenvalue weighted by Crippen LogP contribution is 2.18. The molecule has 0 aromatic heterocycles. The highest BCUT2D eigenvalue weighted by atomic mass is 16.2. The van der Waals surface area contributed by atoms with E-state index in [-0.39, 0.29) is 5.92 Å². The van der Waals surface area contributed by atoms with Gasteiger partial charge in [-0.1, -0.05) is 57.0 Å². The Labute approximate surface area is 141 Å². The first-order chi connectivity index (χ1) is 11.2. The number of carbonyl (C=O) groups is 1. The van der Waals surface area contributed by atoms with E-state index in [0.29, 0.717) is 5.91 Å². The summed E-state index contributed by atoms with van der Waals surface area (Å²) in [5, 5.41) is 0. The third-order valence-electron chi connectivity index (χ3n) is 4.90. The van der Waals surface area contributed by atoms with E-state index in [0.717, 1.165) is 58.4 Å². The Balaban J connectivity index is 1.86. The van der Waals surface area contributed by atoms with Gasteiger partial charge >= 0.3 is 0 Å². The van der Waals surface area contributed by atoms with Crippen LogP contribution in [0.5, 0.6) is 0 Å². The van der Waals surface area contributed by atoms with Gasteiger partial charge in [0.25, 0.3) is 0 Å². The number of carbonyl (C=O) groups excluding carboxylic acids is 1. The Kier molecular flexibility index (Phi) is 7.60. The highest BCUT2D eigenvalue weighted by Gasteiger charge is 2.24. The summed E-state index contributed by atoms with van der Waals surface area (Å²) in [5.74, 6) is 0.623. The summed E-state index contributed by atoms with van der Waals surface area (Å²) in [6, 6.07) is 10.6. The first-order valence-electron chi connectivity index (χ1n) is 9.29. The molecule has 0 N–H and O–H groups in total. The molecule has 1 heterocycles. The lowest BCUT2D eigenvalue weighted by molar-refractivity contribution is -0.135. The zero-order valence-corrected chi connectivity index (χ0v) is 14.8. The van der Waals surface area contributed by atoms with Gasteiger partial charge in [0.1, 0.15) is 0 Å². The average molecular weight is 316 g/mol. The quantitative estimate of drug-likeness (QED) is 0.761. The van der Waals surface area contributed by atoms with E-state index >= 15 is 0 Å². The van der Waals surface area contributed by atoms with Crippen molar-refractivity contribution in [3.05, 3.63) is 35.9 Å². The number of unbranched alkanes of at least 4 members (excludes halogenated alkanes) is 1. The maximum absolute atomic E-state index is 12.8. The van der Waals surface area contributed by atoms with Crippen LogP contribution >= 0.6 is 0 Å². The van der Waals surface area contributed by atoms with Crippen molar-refractivity contribution >= 4 is 5.91 Å². The molecule has 1 aromatic rings. The predicted octanol–water partition coefficient (Wildman–Crippen LogP) is 3.94. The number of amides is 1. The van der Waals surface area contributed by atoms with Crippen molar-refractivity contribution in [2.24, 2.45) is 5.92 Å². The zero-order valence-electron chi connectivity index (χ0n) is 14.8. The van der Waals surface area contributed by atoms with Crippen LogP contribution in [0.2, 0.25) is 0 Å². The third kappa shape index (κ3) is 5.65. The summed E-state index contributed by atoms with van der Waals surface area (Å²) in [4.78, 5) is 17.4. The van der Waals surface area contributed by atoms with E-state index < -0.39 is 0 Å². The number of benzene rings is 1. The van der Waals surface area contributed by atoms with Gasteiger partial charge in [-0.25, -0.2) is 0 Å². The topological polar surface area (TPSA) is 23.6 Å². The zero-order chi connectivity index (χ0) is 16.5. The van der Waals surface area contributed by atoms with Crippen molar-refractivity contribution in [2.75, 3.05) is 26.2 Å². The summed E-state index contributed by atoms with van der Waals surface area (Å²) < 4.78 is 0. The van der Waals surface area contributed by atoms with Crippen LogP contribution in [0.1, 0.15) is 51.5 Å². The lowest BCUT2D eigenvalue weighted by Crippen LogP contribution is -2.38. The first kappa shape index (κ1) is 18.0. The number of nitrogens with zero attached hydrogens (tertiary/aromatic N) is 2. The summed E-state index contributed by atoms with van der Waals surface area (Å²) in [7, 11) is 0. The van der Waals surface area contributed by atoms with E-state index in [1.165, 1.54) is 12.0 Å². The minimum Gasteiger partial charge on any atom is -0.341 e. The molecule has 0 aliphatic carbocycles. The van der Waals surface area contributed by atoms with Gasteiger partial charge in [-0.15, -0.1) is 0 Å². The Hall–Kier alpha value is -1.35. The molecule has 1 atom stereocenters. The van der Waals surface area contributed by atoms with Gasteiger partial charge in [0.2, 0.25) is 5.91 Å². The molecular formula is C20H32N2O. The molecule has 1 saturated heterocycles. The summed E-state index contributed by atoms with van der Waals surface area (Å²) in [5.41, 5.74) is 1.36. The molecule has 1 unspecified atom stereocenters. The van der Waals surface area contributed by atoms with Crippen molar-refractivity contribution in [2.45, 2.75) is 52.5 Å². The minimum atomic E-state index is 0.232. The average Bonchev–Trinajstić information content (AvgIpc) is 2.82. The second-order valence-electron chi connectivity index (χ2n) is 6.69. The van der Waals surface area contributed by atoms with Crippen LogP contribution in [-0.4, -0.2) is 41.9 Å². The van der Waals surface area contributed by atoms with Gasteiger partial charge in [-0.3, -0.25) is 9.69 Å². The van der Waals surface area contributed by atoms with Crippen LogP contribution in [-0.2, 0) is 11.3 Å². The summed E-state index contributed by atoms with van der Waals surface area (Å²) >= 11 is 0. The smallest absolute Gasteiger partial charge is 0.225 e. The minimum absolute atomic E-state index is 0.232. The first-order valence-corrected chi connectivity index (χ1v) is 9.29. The van der Waals surface area contributed by atoms with Gasteiger partial charge in [0, 0.05) is 38.6 Å². The van der Waals surface area contributed by atoms with Gasteiger partial charge in [-0.2, -0.15) is 0 Å². The van der Waals surface area contributed by atoms with Gasteiger partial charge in [0.05, 0.1) is 0 Å². The number of hydrogen-bond donors (Lipinski definition) is 0. The second kappa shape index (κ2) is 9.71. The lowest BCUT2D eigenvalue weighted by Gasteiger charge is -2.26. The van der Waals surface area contributed by atoms with Gasteiger partial charge < -0.3 is 4.90 Å². The Bertz CT molecular complexity index is 460. The van der Waals surface area contributed by atoms with Crippen LogP contribution in [0.3, 0.4) is 0 Å². The highest BCUT2D eigenvalue weighted by molar-refractivity contribution is 5.78. The monoisotopic (exact) mass is 316 g/mol. The van der Waals surface area contributed by atoms with Crippen molar-refractivity contribution in [1.29, 1.82) is 0 Å². The van der Waals surface area contributed by atoms with Crippen LogP contribution in [0.15, 0.2) is 30.3 Å². The lowest BCUT2D eigenvalue weighted by atomic mass is 9.97.